The Kier molecular flexibility index (Phi) is 3.27. The van der Waals surface area contributed by atoms with Crippen LogP contribution in [-0.2, 0) is 6.54 Å². The quantitative estimate of drug-likeness (QED) is 0.721. The Morgan fingerprint density at radius 1 is 1.36 bits per heavy atom. The Morgan fingerprint density at radius 3 is 3.00 bits per heavy atom. The average molecular weight is 315 g/mol. The molecular formula is C14H17N7S. The highest BCUT2D eigenvalue weighted by atomic mass is 32.1. The van der Waals surface area contributed by atoms with Gasteiger partial charge in [0, 0.05) is 31.1 Å². The van der Waals surface area contributed by atoms with Crippen molar-refractivity contribution in [2.45, 2.75) is 19.5 Å². The van der Waals surface area contributed by atoms with Gasteiger partial charge in [0.25, 0.3) is 0 Å². The van der Waals surface area contributed by atoms with Gasteiger partial charge in [-0.15, -0.1) is 26.6 Å². The summed E-state index contributed by atoms with van der Waals surface area (Å²) in [6.07, 6.45) is 1.63. The van der Waals surface area contributed by atoms with Gasteiger partial charge in [0.05, 0.1) is 10.7 Å². The van der Waals surface area contributed by atoms with E-state index >= 15 is 0 Å². The predicted octanol–water partition coefficient (Wildman–Crippen LogP) is 1.21. The molecule has 7 nitrogen and oxygen atoms in total. The monoisotopic (exact) mass is 315 g/mol. The molecule has 0 bridgehead atoms. The van der Waals surface area contributed by atoms with E-state index in [2.05, 4.69) is 42.5 Å². The lowest BCUT2D eigenvalue weighted by atomic mass is 10.1. The molecule has 0 spiro atoms. The average Bonchev–Trinajstić information content (AvgIpc) is 3.05. The van der Waals surface area contributed by atoms with Crippen molar-refractivity contribution in [3.05, 3.63) is 34.5 Å². The van der Waals surface area contributed by atoms with Crippen LogP contribution in [0.15, 0.2) is 23.8 Å². The molecule has 3 aromatic heterocycles. The van der Waals surface area contributed by atoms with Gasteiger partial charge in [0.1, 0.15) is 12.1 Å². The van der Waals surface area contributed by atoms with Crippen LogP contribution in [0.2, 0.25) is 0 Å². The molecule has 0 saturated carbocycles. The van der Waals surface area contributed by atoms with Crippen LogP contribution in [0.4, 0.5) is 5.82 Å². The van der Waals surface area contributed by atoms with Gasteiger partial charge in [-0.3, -0.25) is 4.90 Å². The molecule has 1 fully saturated rings. The normalized spacial score (nSPS) is 15.7. The van der Waals surface area contributed by atoms with E-state index in [0.29, 0.717) is 6.04 Å². The van der Waals surface area contributed by atoms with Crippen molar-refractivity contribution in [3.63, 3.8) is 0 Å². The van der Waals surface area contributed by atoms with E-state index < -0.39 is 0 Å². The number of hydrogen-bond acceptors (Lipinski definition) is 7. The molecule has 22 heavy (non-hydrogen) atoms. The lowest BCUT2D eigenvalue weighted by Gasteiger charge is -2.44. The Bertz CT molecular complexity index is 789. The molecule has 0 unspecified atom stereocenters. The second kappa shape index (κ2) is 5.29. The Hall–Kier alpha value is -2.06. The second-order valence-electron chi connectivity index (χ2n) is 5.66. The molecule has 1 aliphatic rings. The largest absolute Gasteiger partial charge is 0.352 e. The van der Waals surface area contributed by atoms with Gasteiger partial charge in [0.2, 0.25) is 0 Å². The molecular weight excluding hydrogens is 298 g/mol. The highest BCUT2D eigenvalue weighted by Crippen LogP contribution is 2.22. The standard InChI is InChI=1S/C14H17N7S/c1-10-16-11(8-22-10)5-19(2)12-6-20(7-12)14-4-3-13-17-15-9-21(13)18-14/h3-4,8-9,12H,5-7H2,1-2H3. The van der Waals surface area contributed by atoms with Gasteiger partial charge in [-0.2, -0.15) is 4.52 Å². The van der Waals surface area contributed by atoms with Crippen LogP contribution in [-0.4, -0.2) is 55.9 Å². The molecule has 4 rings (SSSR count). The second-order valence-corrected chi connectivity index (χ2v) is 6.72. The van der Waals surface area contributed by atoms with E-state index in [1.807, 2.05) is 19.1 Å². The summed E-state index contributed by atoms with van der Waals surface area (Å²) in [4.78, 5) is 9.16. The molecule has 0 amide bonds. The Morgan fingerprint density at radius 2 is 2.23 bits per heavy atom. The van der Waals surface area contributed by atoms with Gasteiger partial charge >= 0.3 is 0 Å². The smallest absolute Gasteiger partial charge is 0.177 e. The number of aryl methyl sites for hydroxylation is 1. The van der Waals surface area contributed by atoms with Gasteiger partial charge in [0.15, 0.2) is 5.65 Å². The topological polar surface area (TPSA) is 62.5 Å². The van der Waals surface area contributed by atoms with Crippen LogP contribution >= 0.6 is 11.3 Å². The van der Waals surface area contributed by atoms with E-state index in [0.717, 1.165) is 41.8 Å². The molecule has 0 N–H and O–H groups in total. The molecule has 1 saturated heterocycles. The van der Waals surface area contributed by atoms with Crippen molar-refractivity contribution in [2.24, 2.45) is 0 Å². The molecule has 0 atom stereocenters. The predicted molar refractivity (Wildman–Crippen MR) is 85.1 cm³/mol. The van der Waals surface area contributed by atoms with Gasteiger partial charge in [-0.1, -0.05) is 0 Å². The summed E-state index contributed by atoms with van der Waals surface area (Å²) in [5, 5.41) is 15.6. The highest BCUT2D eigenvalue weighted by molar-refractivity contribution is 7.09. The summed E-state index contributed by atoms with van der Waals surface area (Å²) in [7, 11) is 2.16. The van der Waals surface area contributed by atoms with Crippen LogP contribution in [0.1, 0.15) is 10.7 Å². The maximum absolute atomic E-state index is 4.53. The maximum Gasteiger partial charge on any atom is 0.177 e. The summed E-state index contributed by atoms with van der Waals surface area (Å²) in [5.41, 5.74) is 1.93. The Labute approximate surface area is 132 Å². The highest BCUT2D eigenvalue weighted by Gasteiger charge is 2.31. The van der Waals surface area contributed by atoms with Crippen LogP contribution in [0.25, 0.3) is 5.65 Å². The number of nitrogens with zero attached hydrogens (tertiary/aromatic N) is 7. The number of anilines is 1. The fraction of sp³-hybridized carbons (Fsp3) is 0.429. The lowest BCUT2D eigenvalue weighted by molar-refractivity contribution is 0.195. The number of fused-ring (bicyclic) bond motifs is 1. The van der Waals surface area contributed by atoms with Crippen LogP contribution in [0, 0.1) is 6.92 Å². The minimum atomic E-state index is 0.542. The maximum atomic E-state index is 4.53. The van der Waals surface area contributed by atoms with E-state index in [9.17, 15) is 0 Å². The molecule has 4 heterocycles. The molecule has 1 aliphatic heterocycles. The molecule has 0 radical (unpaired) electrons. The van der Waals surface area contributed by atoms with Crippen LogP contribution in [0.5, 0.6) is 0 Å². The lowest BCUT2D eigenvalue weighted by Crippen LogP contribution is -2.58. The van der Waals surface area contributed by atoms with Crippen molar-refractivity contribution in [3.8, 4) is 0 Å². The first-order valence-corrected chi connectivity index (χ1v) is 8.10. The minimum Gasteiger partial charge on any atom is -0.352 e. The zero-order chi connectivity index (χ0) is 15.1. The number of likely N-dealkylation sites (N-methyl/N-ethyl adjacent to an activating group) is 1. The number of hydrogen-bond donors (Lipinski definition) is 0. The first kappa shape index (κ1) is 13.6. The fourth-order valence-electron chi connectivity index (χ4n) is 2.67. The van der Waals surface area contributed by atoms with Crippen LogP contribution in [0.3, 0.4) is 0 Å². The number of thiazole rings is 1. The van der Waals surface area contributed by atoms with E-state index in [1.165, 1.54) is 0 Å². The van der Waals surface area contributed by atoms with Crippen molar-refractivity contribution in [1.29, 1.82) is 0 Å². The number of rotatable bonds is 4. The summed E-state index contributed by atoms with van der Waals surface area (Å²) >= 11 is 1.71. The summed E-state index contributed by atoms with van der Waals surface area (Å²) in [6.45, 7) is 4.92. The van der Waals surface area contributed by atoms with Crippen molar-refractivity contribution < 1.29 is 0 Å². The first-order chi connectivity index (χ1) is 10.7. The van der Waals surface area contributed by atoms with Gasteiger partial charge in [-0.25, -0.2) is 4.98 Å². The minimum absolute atomic E-state index is 0.542. The third-order valence-corrected chi connectivity index (χ3v) is 4.86. The third kappa shape index (κ3) is 2.44. The summed E-state index contributed by atoms with van der Waals surface area (Å²) < 4.78 is 1.71. The van der Waals surface area contributed by atoms with Crippen molar-refractivity contribution in [1.82, 2.24) is 29.7 Å². The zero-order valence-corrected chi connectivity index (χ0v) is 13.4. The van der Waals surface area contributed by atoms with E-state index in [4.69, 9.17) is 0 Å². The molecule has 0 aliphatic carbocycles. The van der Waals surface area contributed by atoms with Gasteiger partial charge < -0.3 is 4.90 Å². The van der Waals surface area contributed by atoms with Crippen LogP contribution < -0.4 is 4.90 Å². The fourth-order valence-corrected chi connectivity index (χ4v) is 3.28. The Balaban J connectivity index is 1.38. The molecule has 3 aromatic rings. The third-order valence-electron chi connectivity index (χ3n) is 4.04. The summed E-state index contributed by atoms with van der Waals surface area (Å²) in [5.74, 6) is 0.974. The summed E-state index contributed by atoms with van der Waals surface area (Å²) in [6, 6.07) is 4.49. The SMILES string of the molecule is Cc1nc(CN(C)C2CN(c3ccc4nncn4n3)C2)cs1. The van der Waals surface area contributed by atoms with Crippen molar-refractivity contribution in [2.75, 3.05) is 25.0 Å². The molecule has 0 aromatic carbocycles. The first-order valence-electron chi connectivity index (χ1n) is 7.22. The number of aromatic nitrogens is 5. The zero-order valence-electron chi connectivity index (χ0n) is 12.5. The molecule has 8 heteroatoms. The molecule has 114 valence electrons. The van der Waals surface area contributed by atoms with E-state index in [1.54, 1.807) is 22.2 Å². The van der Waals surface area contributed by atoms with E-state index in [-0.39, 0.29) is 0 Å². The van der Waals surface area contributed by atoms with Crippen molar-refractivity contribution >= 4 is 22.8 Å². The van der Waals surface area contributed by atoms with Gasteiger partial charge in [-0.05, 0) is 26.1 Å².